The van der Waals surface area contributed by atoms with Gasteiger partial charge in [0.05, 0.1) is 6.61 Å². The van der Waals surface area contributed by atoms with Crippen LogP contribution >= 0.6 is 0 Å². The van der Waals surface area contributed by atoms with Crippen molar-refractivity contribution in [2.45, 2.75) is 25.3 Å². The zero-order valence-electron chi connectivity index (χ0n) is 8.25. The van der Waals surface area contributed by atoms with Crippen LogP contribution in [0.2, 0.25) is 0 Å². The first-order valence-corrected chi connectivity index (χ1v) is 4.96. The average Bonchev–Trinajstić information content (AvgIpc) is 2.62. The molecule has 0 fully saturated rings. The fourth-order valence-corrected chi connectivity index (χ4v) is 1.77. The molecule has 0 bridgehead atoms. The largest absolute Gasteiger partial charge is 0.493 e. The number of rotatable bonds is 3. The third-order valence-electron chi connectivity index (χ3n) is 2.57. The van der Waals surface area contributed by atoms with Crippen LogP contribution in [-0.2, 0) is 6.42 Å². The zero-order chi connectivity index (χ0) is 10.8. The summed E-state index contributed by atoms with van der Waals surface area (Å²) in [6.07, 6.45) is -1.81. The van der Waals surface area contributed by atoms with Gasteiger partial charge < -0.3 is 10.5 Å². The molecule has 1 aromatic carbocycles. The number of fused-ring (bicyclic) bond motifs is 1. The van der Waals surface area contributed by atoms with Gasteiger partial charge in [0.15, 0.2) is 0 Å². The normalized spacial score (nSPS) is 16.3. The van der Waals surface area contributed by atoms with Crippen LogP contribution < -0.4 is 10.5 Å². The molecule has 4 heteroatoms. The molecule has 82 valence electrons. The third-order valence-corrected chi connectivity index (χ3v) is 2.57. The van der Waals surface area contributed by atoms with Crippen molar-refractivity contribution in [3.63, 3.8) is 0 Å². The SMILES string of the molecule is N[C@@H](CC(F)F)c1ccc2c(c1)CCO2. The number of benzene rings is 1. The number of alkyl halides is 2. The van der Waals surface area contributed by atoms with E-state index in [1.54, 1.807) is 6.07 Å². The van der Waals surface area contributed by atoms with Gasteiger partial charge in [0.25, 0.3) is 0 Å². The van der Waals surface area contributed by atoms with Crippen LogP contribution in [-0.4, -0.2) is 13.0 Å². The van der Waals surface area contributed by atoms with Crippen LogP contribution in [0.5, 0.6) is 5.75 Å². The van der Waals surface area contributed by atoms with Gasteiger partial charge in [-0.05, 0) is 17.2 Å². The Balaban J connectivity index is 2.15. The highest BCUT2D eigenvalue weighted by atomic mass is 19.3. The minimum Gasteiger partial charge on any atom is -0.493 e. The molecule has 0 radical (unpaired) electrons. The Morgan fingerprint density at radius 3 is 2.93 bits per heavy atom. The van der Waals surface area contributed by atoms with E-state index in [1.165, 1.54) is 0 Å². The predicted molar refractivity (Wildman–Crippen MR) is 53.2 cm³/mol. The molecule has 15 heavy (non-hydrogen) atoms. The molecule has 1 aromatic rings. The first-order chi connectivity index (χ1) is 7.16. The molecule has 0 aromatic heterocycles. The minimum absolute atomic E-state index is 0.292. The zero-order valence-corrected chi connectivity index (χ0v) is 8.25. The van der Waals surface area contributed by atoms with Gasteiger partial charge >= 0.3 is 0 Å². The van der Waals surface area contributed by atoms with Gasteiger partial charge in [0, 0.05) is 18.9 Å². The number of nitrogens with two attached hydrogens (primary N) is 1. The van der Waals surface area contributed by atoms with Crippen LogP contribution in [0.15, 0.2) is 18.2 Å². The average molecular weight is 213 g/mol. The van der Waals surface area contributed by atoms with Crippen molar-refractivity contribution in [2.24, 2.45) is 5.73 Å². The Hall–Kier alpha value is -1.16. The molecule has 0 spiro atoms. The van der Waals surface area contributed by atoms with Crippen molar-refractivity contribution in [3.8, 4) is 5.75 Å². The molecule has 1 heterocycles. The summed E-state index contributed by atoms with van der Waals surface area (Å²) >= 11 is 0. The summed E-state index contributed by atoms with van der Waals surface area (Å²) in [5.41, 5.74) is 7.50. The van der Waals surface area contributed by atoms with Gasteiger partial charge in [0.2, 0.25) is 6.43 Å². The van der Waals surface area contributed by atoms with E-state index < -0.39 is 12.5 Å². The standard InChI is InChI=1S/C11H13F2NO/c12-11(13)6-9(14)7-1-2-10-8(5-7)3-4-15-10/h1-2,5,9,11H,3-4,6,14H2/t9-/m0/s1. The summed E-state index contributed by atoms with van der Waals surface area (Å²) in [7, 11) is 0. The maximum atomic E-state index is 12.1. The van der Waals surface area contributed by atoms with Crippen LogP contribution in [0, 0.1) is 0 Å². The molecule has 0 aliphatic carbocycles. The van der Waals surface area contributed by atoms with Crippen molar-refractivity contribution < 1.29 is 13.5 Å². The molecule has 2 N–H and O–H groups in total. The molecule has 2 nitrogen and oxygen atoms in total. The fourth-order valence-electron chi connectivity index (χ4n) is 1.77. The van der Waals surface area contributed by atoms with Gasteiger partial charge in [-0.2, -0.15) is 0 Å². The molecule has 0 saturated heterocycles. The van der Waals surface area contributed by atoms with E-state index in [2.05, 4.69) is 0 Å². The summed E-state index contributed by atoms with van der Waals surface area (Å²) in [6.45, 7) is 0.670. The summed E-state index contributed by atoms with van der Waals surface area (Å²) in [6, 6.07) is 4.85. The Bertz CT molecular complexity index is 354. The van der Waals surface area contributed by atoms with Crippen molar-refractivity contribution >= 4 is 0 Å². The lowest BCUT2D eigenvalue weighted by Crippen LogP contribution is -2.14. The van der Waals surface area contributed by atoms with E-state index in [0.717, 1.165) is 23.3 Å². The van der Waals surface area contributed by atoms with E-state index in [9.17, 15) is 8.78 Å². The molecular weight excluding hydrogens is 200 g/mol. The molecule has 1 atom stereocenters. The molecule has 2 rings (SSSR count). The maximum Gasteiger partial charge on any atom is 0.240 e. The van der Waals surface area contributed by atoms with E-state index in [1.807, 2.05) is 12.1 Å². The van der Waals surface area contributed by atoms with E-state index in [0.29, 0.717) is 6.61 Å². The second kappa shape index (κ2) is 4.14. The van der Waals surface area contributed by atoms with Crippen molar-refractivity contribution in [3.05, 3.63) is 29.3 Å². The number of ether oxygens (including phenoxy) is 1. The van der Waals surface area contributed by atoms with Crippen LogP contribution in [0.3, 0.4) is 0 Å². The highest BCUT2D eigenvalue weighted by Crippen LogP contribution is 2.29. The van der Waals surface area contributed by atoms with E-state index in [4.69, 9.17) is 10.5 Å². The van der Waals surface area contributed by atoms with Gasteiger partial charge in [-0.25, -0.2) is 8.78 Å². The van der Waals surface area contributed by atoms with Crippen molar-refractivity contribution in [1.29, 1.82) is 0 Å². The highest BCUT2D eigenvalue weighted by Gasteiger charge is 2.17. The van der Waals surface area contributed by atoms with Crippen molar-refractivity contribution in [1.82, 2.24) is 0 Å². The van der Waals surface area contributed by atoms with Crippen LogP contribution in [0.25, 0.3) is 0 Å². The summed E-state index contributed by atoms with van der Waals surface area (Å²) in [4.78, 5) is 0. The molecule has 1 aliphatic heterocycles. The molecule has 0 unspecified atom stereocenters. The predicted octanol–water partition coefficient (Wildman–Crippen LogP) is 2.28. The smallest absolute Gasteiger partial charge is 0.240 e. The quantitative estimate of drug-likeness (QED) is 0.836. The summed E-state index contributed by atoms with van der Waals surface area (Å²) in [5.74, 6) is 0.850. The van der Waals surface area contributed by atoms with Crippen molar-refractivity contribution in [2.75, 3.05) is 6.61 Å². The maximum absolute atomic E-state index is 12.1. The van der Waals surface area contributed by atoms with E-state index >= 15 is 0 Å². The lowest BCUT2D eigenvalue weighted by atomic mass is 10.0. The monoisotopic (exact) mass is 213 g/mol. The Kier molecular flexibility index (Phi) is 2.86. The van der Waals surface area contributed by atoms with Gasteiger partial charge in [-0.3, -0.25) is 0 Å². The summed E-state index contributed by atoms with van der Waals surface area (Å²) < 4.78 is 29.6. The van der Waals surface area contributed by atoms with Gasteiger partial charge in [-0.15, -0.1) is 0 Å². The Morgan fingerprint density at radius 2 is 2.20 bits per heavy atom. The second-order valence-electron chi connectivity index (χ2n) is 3.70. The second-order valence-corrected chi connectivity index (χ2v) is 3.70. The highest BCUT2D eigenvalue weighted by molar-refractivity contribution is 5.40. The first-order valence-electron chi connectivity index (χ1n) is 4.96. The molecule has 1 aliphatic rings. The molecular formula is C11H13F2NO. The van der Waals surface area contributed by atoms with E-state index in [-0.39, 0.29) is 6.42 Å². The number of hydrogen-bond acceptors (Lipinski definition) is 2. The fraction of sp³-hybridized carbons (Fsp3) is 0.455. The summed E-state index contributed by atoms with van der Waals surface area (Å²) in [5, 5.41) is 0. The lowest BCUT2D eigenvalue weighted by Gasteiger charge is -2.12. The third kappa shape index (κ3) is 2.26. The number of halogens is 2. The van der Waals surface area contributed by atoms with Gasteiger partial charge in [0.1, 0.15) is 5.75 Å². The minimum atomic E-state index is -2.36. The lowest BCUT2D eigenvalue weighted by molar-refractivity contribution is 0.128. The molecule has 0 saturated carbocycles. The molecule has 0 amide bonds. The van der Waals surface area contributed by atoms with Gasteiger partial charge in [-0.1, -0.05) is 12.1 Å². The first kappa shape index (κ1) is 10.4. The van der Waals surface area contributed by atoms with Crippen LogP contribution in [0.1, 0.15) is 23.6 Å². The number of hydrogen-bond donors (Lipinski definition) is 1. The Labute approximate surface area is 87.0 Å². The Morgan fingerprint density at radius 1 is 1.40 bits per heavy atom. The topological polar surface area (TPSA) is 35.2 Å². The van der Waals surface area contributed by atoms with Crippen LogP contribution in [0.4, 0.5) is 8.78 Å².